The van der Waals surface area contributed by atoms with Crippen molar-refractivity contribution in [3.8, 4) is 5.75 Å². The number of aromatic hydroxyl groups is 1. The van der Waals surface area contributed by atoms with E-state index in [9.17, 15) is 14.7 Å². The Morgan fingerprint density at radius 3 is 2.26 bits per heavy atom. The first-order valence-electron chi connectivity index (χ1n) is 10.3. The van der Waals surface area contributed by atoms with Gasteiger partial charge in [0.05, 0.1) is 0 Å². The van der Waals surface area contributed by atoms with E-state index in [1.165, 1.54) is 5.01 Å². The number of hydrogen-bond donors (Lipinski definition) is 3. The summed E-state index contributed by atoms with van der Waals surface area (Å²) in [6, 6.07) is 8.82. The lowest BCUT2D eigenvalue weighted by molar-refractivity contribution is 0.0309. The van der Waals surface area contributed by atoms with Gasteiger partial charge in [-0.15, -0.1) is 6.58 Å². The Kier molecular flexibility index (Phi) is 7.28. The predicted molar refractivity (Wildman–Crippen MR) is 124 cm³/mol. The predicted octanol–water partition coefficient (Wildman–Crippen LogP) is 4.16. The number of benzene rings is 2. The molecule has 0 saturated heterocycles. The van der Waals surface area contributed by atoms with E-state index in [-0.39, 0.29) is 11.3 Å². The SMILES string of the molecule is C=CCc1ccc(C(=O)NN(C(=O)c2cc(C)cc(C)c2)C(N)C(C)(C)C)c(C)c1O. The van der Waals surface area contributed by atoms with Crippen LogP contribution in [0.4, 0.5) is 0 Å². The number of phenols is 1. The van der Waals surface area contributed by atoms with Crippen molar-refractivity contribution < 1.29 is 14.7 Å². The van der Waals surface area contributed by atoms with Crippen molar-refractivity contribution in [3.63, 3.8) is 0 Å². The highest BCUT2D eigenvalue weighted by molar-refractivity contribution is 6.00. The Bertz CT molecular complexity index is 986. The molecule has 0 spiro atoms. The third kappa shape index (κ3) is 5.52. The molecule has 2 aromatic rings. The normalized spacial score (nSPS) is 12.2. The van der Waals surface area contributed by atoms with Crippen LogP contribution in [0.25, 0.3) is 0 Å². The van der Waals surface area contributed by atoms with Crippen LogP contribution in [0, 0.1) is 26.2 Å². The van der Waals surface area contributed by atoms with Gasteiger partial charge in [0, 0.05) is 16.7 Å². The zero-order chi connectivity index (χ0) is 23.5. The van der Waals surface area contributed by atoms with Crippen LogP contribution in [-0.2, 0) is 6.42 Å². The van der Waals surface area contributed by atoms with Gasteiger partial charge in [-0.3, -0.25) is 15.0 Å². The first-order chi connectivity index (χ1) is 14.4. The number of allylic oxidation sites excluding steroid dienone is 1. The highest BCUT2D eigenvalue weighted by Gasteiger charge is 2.33. The van der Waals surface area contributed by atoms with Crippen LogP contribution in [0.3, 0.4) is 0 Å². The number of nitrogens with one attached hydrogen (secondary N) is 1. The minimum absolute atomic E-state index is 0.0415. The molecule has 2 amide bonds. The molecule has 2 aromatic carbocycles. The number of carbonyl (C=O) groups excluding carboxylic acids is 2. The number of hydrogen-bond acceptors (Lipinski definition) is 4. The van der Waals surface area contributed by atoms with Crippen molar-refractivity contribution in [1.29, 1.82) is 0 Å². The van der Waals surface area contributed by atoms with Crippen LogP contribution in [-0.4, -0.2) is 28.1 Å². The van der Waals surface area contributed by atoms with Crippen molar-refractivity contribution in [2.45, 2.75) is 54.1 Å². The maximum atomic E-state index is 13.4. The highest BCUT2D eigenvalue weighted by atomic mass is 16.3. The van der Waals surface area contributed by atoms with Gasteiger partial charge in [-0.25, -0.2) is 5.01 Å². The molecule has 0 saturated carbocycles. The van der Waals surface area contributed by atoms with Gasteiger partial charge in [0.15, 0.2) is 0 Å². The lowest BCUT2D eigenvalue weighted by Gasteiger charge is -2.37. The molecule has 0 radical (unpaired) electrons. The molecule has 1 unspecified atom stereocenters. The standard InChI is InChI=1S/C25H33N3O3/c1-8-9-18-10-11-20(17(4)21(18)29)22(30)27-28(24(26)25(5,6)7)23(31)19-13-15(2)12-16(3)14-19/h8,10-14,24,29H,1,9,26H2,2-7H3,(H,27,30). The first kappa shape index (κ1) is 24.2. The summed E-state index contributed by atoms with van der Waals surface area (Å²) in [5, 5.41) is 11.6. The van der Waals surface area contributed by atoms with E-state index in [0.29, 0.717) is 23.1 Å². The first-order valence-corrected chi connectivity index (χ1v) is 10.3. The molecule has 2 rings (SSSR count). The van der Waals surface area contributed by atoms with Gasteiger partial charge < -0.3 is 10.8 Å². The number of carbonyl (C=O) groups is 2. The Hall–Kier alpha value is -3.12. The average Bonchev–Trinajstić information content (AvgIpc) is 2.67. The smallest absolute Gasteiger partial charge is 0.273 e. The molecule has 31 heavy (non-hydrogen) atoms. The molecule has 0 fully saturated rings. The van der Waals surface area contributed by atoms with Gasteiger partial charge in [0.25, 0.3) is 11.8 Å². The second-order valence-electron chi connectivity index (χ2n) is 9.04. The van der Waals surface area contributed by atoms with Gasteiger partial charge in [-0.2, -0.15) is 0 Å². The summed E-state index contributed by atoms with van der Waals surface area (Å²) in [5.74, 6) is -0.872. The minimum Gasteiger partial charge on any atom is -0.507 e. The van der Waals surface area contributed by atoms with Crippen molar-refractivity contribution in [2.75, 3.05) is 0 Å². The largest absolute Gasteiger partial charge is 0.507 e. The van der Waals surface area contributed by atoms with E-state index < -0.39 is 23.4 Å². The maximum Gasteiger partial charge on any atom is 0.273 e. The van der Waals surface area contributed by atoms with E-state index in [0.717, 1.165) is 11.1 Å². The summed E-state index contributed by atoms with van der Waals surface area (Å²) in [7, 11) is 0. The van der Waals surface area contributed by atoms with Crippen LogP contribution >= 0.6 is 0 Å². The number of phenolic OH excluding ortho intramolecular Hbond substituents is 1. The topological polar surface area (TPSA) is 95.7 Å². The Morgan fingerprint density at radius 1 is 1.16 bits per heavy atom. The Labute approximate surface area is 184 Å². The van der Waals surface area contributed by atoms with E-state index >= 15 is 0 Å². The maximum absolute atomic E-state index is 13.4. The van der Waals surface area contributed by atoms with E-state index in [1.54, 1.807) is 37.3 Å². The minimum atomic E-state index is -0.779. The molecule has 0 aliphatic carbocycles. The Balaban J connectivity index is 2.44. The van der Waals surface area contributed by atoms with Crippen LogP contribution in [0.1, 0.15) is 63.7 Å². The molecule has 0 aliphatic heterocycles. The van der Waals surface area contributed by atoms with E-state index in [1.807, 2.05) is 40.7 Å². The zero-order valence-corrected chi connectivity index (χ0v) is 19.2. The van der Waals surface area contributed by atoms with Crippen molar-refractivity contribution in [1.82, 2.24) is 10.4 Å². The fourth-order valence-corrected chi connectivity index (χ4v) is 3.36. The van der Waals surface area contributed by atoms with Crippen LogP contribution in [0.2, 0.25) is 0 Å². The number of hydrazine groups is 1. The van der Waals surface area contributed by atoms with Crippen LogP contribution in [0.5, 0.6) is 5.75 Å². The molecular formula is C25H33N3O3. The van der Waals surface area contributed by atoms with Crippen molar-refractivity contribution in [2.24, 2.45) is 11.1 Å². The molecule has 0 aliphatic rings. The van der Waals surface area contributed by atoms with Gasteiger partial charge >= 0.3 is 0 Å². The third-order valence-corrected chi connectivity index (χ3v) is 5.20. The average molecular weight is 424 g/mol. The fraction of sp³-hybridized carbons (Fsp3) is 0.360. The van der Waals surface area contributed by atoms with E-state index in [2.05, 4.69) is 12.0 Å². The number of amides is 2. The lowest BCUT2D eigenvalue weighted by Crippen LogP contribution is -2.60. The molecule has 1 atom stereocenters. The zero-order valence-electron chi connectivity index (χ0n) is 19.2. The lowest BCUT2D eigenvalue weighted by atomic mass is 9.92. The molecule has 6 nitrogen and oxygen atoms in total. The monoisotopic (exact) mass is 423 g/mol. The van der Waals surface area contributed by atoms with Crippen LogP contribution < -0.4 is 11.2 Å². The van der Waals surface area contributed by atoms with Crippen LogP contribution in [0.15, 0.2) is 43.0 Å². The highest BCUT2D eigenvalue weighted by Crippen LogP contribution is 2.27. The molecule has 0 bridgehead atoms. The fourth-order valence-electron chi connectivity index (χ4n) is 3.36. The Morgan fingerprint density at radius 2 is 1.74 bits per heavy atom. The quantitative estimate of drug-likeness (QED) is 0.382. The van der Waals surface area contributed by atoms with Crippen molar-refractivity contribution >= 4 is 11.8 Å². The summed E-state index contributed by atoms with van der Waals surface area (Å²) in [6.45, 7) is 14.8. The second-order valence-corrected chi connectivity index (χ2v) is 9.04. The summed E-state index contributed by atoms with van der Waals surface area (Å²) in [4.78, 5) is 26.5. The number of nitrogens with two attached hydrogens (primary N) is 1. The van der Waals surface area contributed by atoms with Gasteiger partial charge in [-0.1, -0.05) is 50.1 Å². The summed E-state index contributed by atoms with van der Waals surface area (Å²) in [5.41, 5.74) is 12.3. The van der Waals surface area contributed by atoms with Gasteiger partial charge in [0.2, 0.25) is 0 Å². The molecule has 6 heteroatoms. The van der Waals surface area contributed by atoms with Gasteiger partial charge in [0.1, 0.15) is 11.9 Å². The molecular weight excluding hydrogens is 390 g/mol. The number of aryl methyl sites for hydroxylation is 2. The van der Waals surface area contributed by atoms with Gasteiger partial charge in [-0.05, 0) is 56.4 Å². The second kappa shape index (κ2) is 9.35. The molecule has 0 aromatic heterocycles. The number of rotatable bonds is 5. The summed E-state index contributed by atoms with van der Waals surface area (Å²) in [6.07, 6.45) is 1.39. The van der Waals surface area contributed by atoms with Crippen molar-refractivity contribution in [3.05, 3.63) is 76.4 Å². The number of nitrogens with zero attached hydrogens (tertiary/aromatic N) is 1. The molecule has 0 heterocycles. The summed E-state index contributed by atoms with van der Waals surface area (Å²) < 4.78 is 0. The third-order valence-electron chi connectivity index (χ3n) is 5.20. The summed E-state index contributed by atoms with van der Waals surface area (Å²) >= 11 is 0. The molecule has 166 valence electrons. The molecule has 4 N–H and O–H groups in total. The van der Waals surface area contributed by atoms with E-state index in [4.69, 9.17) is 5.73 Å².